The van der Waals surface area contributed by atoms with Crippen LogP contribution < -0.4 is 0 Å². The van der Waals surface area contributed by atoms with E-state index in [9.17, 15) is 14.4 Å². The lowest BCUT2D eigenvalue weighted by Gasteiger charge is -1.64. The topological polar surface area (TPSA) is 214 Å². The van der Waals surface area contributed by atoms with Crippen molar-refractivity contribution in [2.24, 2.45) is 0 Å². The number of rotatable bonds is 3. The number of hydrogen-bond donors (Lipinski definition) is 7. The Labute approximate surface area is 156 Å². The Morgan fingerprint density at radius 3 is 0.667 bits per heavy atom. The minimum Gasteiger partial charge on any atom is -0.516 e. The Balaban J connectivity index is -0.0000000352. The quantitative estimate of drug-likeness (QED) is 0.161. The van der Waals surface area contributed by atoms with Gasteiger partial charge in [-0.2, -0.15) is 0 Å². The molecule has 7 N–H and O–H groups in total. The second-order valence-corrected chi connectivity index (χ2v) is 2.28. The molecule has 0 heterocycles. The summed E-state index contributed by atoms with van der Waals surface area (Å²) in [4.78, 5) is 36.1. The van der Waals surface area contributed by atoms with E-state index in [1.54, 1.807) is 0 Å². The summed E-state index contributed by atoms with van der Waals surface area (Å²) in [7, 11) is 0. The Morgan fingerprint density at radius 1 is 0.630 bits per heavy atom. The van der Waals surface area contributed by atoms with Crippen molar-refractivity contribution in [1.82, 2.24) is 0 Å². The third-order valence-corrected chi connectivity index (χ3v) is 0.524. The van der Waals surface area contributed by atoms with Crippen LogP contribution in [-0.2, 0) is 19.2 Å². The summed E-state index contributed by atoms with van der Waals surface area (Å²) in [5.74, 6) is -2.94. The molecular weight excluding hydrogens is 366 g/mol. The van der Waals surface area contributed by atoms with Crippen molar-refractivity contribution >= 4 is 24.0 Å². The second-order valence-electron chi connectivity index (χ2n) is 2.28. The highest BCUT2D eigenvalue weighted by atomic mass is 16.4. The van der Waals surface area contributed by atoms with Gasteiger partial charge in [-0.15, -0.1) is 0 Å². The molecule has 0 aliphatic carbocycles. The molecule has 0 fully saturated rings. The molecule has 154 valence electrons. The van der Waals surface area contributed by atoms with Gasteiger partial charge in [0.2, 0.25) is 6.08 Å². The predicted molar refractivity (Wildman–Crippen MR) is 100 cm³/mol. The highest BCUT2D eigenvalue weighted by Gasteiger charge is 1.74. The molecule has 0 amide bonds. The normalized spacial score (nSPS) is 5.19. The van der Waals surface area contributed by atoms with E-state index in [4.69, 9.17) is 40.8 Å². The van der Waals surface area contributed by atoms with Crippen molar-refractivity contribution in [2.75, 3.05) is 0 Å². The van der Waals surface area contributed by atoms with Crippen LogP contribution in [-0.4, -0.2) is 54.6 Å². The summed E-state index contributed by atoms with van der Waals surface area (Å²) in [6, 6.07) is 0. The summed E-state index contributed by atoms with van der Waals surface area (Å²) in [5.41, 5.74) is 0. The first-order chi connectivity index (χ1) is 12.5. The first kappa shape index (κ1) is 43.3. The smallest absolute Gasteiger partial charge is 0.327 e. The van der Waals surface area contributed by atoms with Gasteiger partial charge in [0.15, 0.2) is 0 Å². The maximum Gasteiger partial charge on any atom is 0.327 e. The van der Waals surface area contributed by atoms with Crippen LogP contribution in [0.2, 0.25) is 0 Å². The van der Waals surface area contributed by atoms with Gasteiger partial charge in [0, 0.05) is 18.2 Å². The van der Waals surface area contributed by atoms with Crippen LogP contribution in [0.25, 0.3) is 0 Å². The molecule has 0 aliphatic heterocycles. The Morgan fingerprint density at radius 2 is 0.667 bits per heavy atom. The zero-order valence-electron chi connectivity index (χ0n) is 14.5. The third-order valence-electron chi connectivity index (χ3n) is 0.524. The zero-order valence-corrected chi connectivity index (χ0v) is 14.5. The zero-order chi connectivity index (χ0) is 23.7. The molecule has 0 atom stereocenters. The van der Waals surface area contributed by atoms with E-state index in [1.165, 1.54) is 0 Å². The summed E-state index contributed by atoms with van der Waals surface area (Å²) in [6.45, 7) is 17.6. The van der Waals surface area contributed by atoms with Gasteiger partial charge in [-0.1, -0.05) is 39.5 Å². The fourth-order valence-corrected chi connectivity index (χ4v) is 0. The largest absolute Gasteiger partial charge is 0.516 e. The first-order valence-electron chi connectivity index (χ1n) is 5.83. The number of carbonyl (C=O) groups excluding carboxylic acids is 1. The van der Waals surface area contributed by atoms with E-state index in [2.05, 4.69) is 39.5 Å². The van der Waals surface area contributed by atoms with Crippen LogP contribution in [0.5, 0.6) is 0 Å². The molecule has 11 heteroatoms. The average Bonchev–Trinajstić information content (AvgIpc) is 2.58. The van der Waals surface area contributed by atoms with Gasteiger partial charge < -0.3 is 30.6 Å². The number of carboxylic acids is 3. The molecule has 0 rings (SSSR count). The lowest BCUT2D eigenvalue weighted by Crippen LogP contribution is -1.82. The second kappa shape index (κ2) is 68.1. The van der Waals surface area contributed by atoms with Crippen molar-refractivity contribution < 1.29 is 49.8 Å². The molecule has 27 heavy (non-hydrogen) atoms. The maximum atomic E-state index is 9.25. The number of isocyanates is 1. The van der Waals surface area contributed by atoms with Gasteiger partial charge >= 0.3 is 17.9 Å². The van der Waals surface area contributed by atoms with Crippen LogP contribution in [0.4, 0.5) is 0 Å². The minimum atomic E-state index is -0.981. The molecule has 0 unspecified atom stereocenters. The highest BCUT2D eigenvalue weighted by molar-refractivity contribution is 5.79. The molecule has 0 bridgehead atoms. The molecule has 0 radical (unpaired) electrons. The highest BCUT2D eigenvalue weighted by Crippen LogP contribution is 1.55. The summed E-state index contributed by atoms with van der Waals surface area (Å²) < 4.78 is 0. The number of nitrogens with one attached hydrogen (secondary N) is 1. The fraction of sp³-hybridized carbons (Fsp3) is 0. The van der Waals surface area contributed by atoms with Gasteiger partial charge in [0.05, 0.1) is 18.8 Å². The molecule has 0 saturated carbocycles. The van der Waals surface area contributed by atoms with Gasteiger partial charge in [-0.05, 0) is 0 Å². The van der Waals surface area contributed by atoms with Gasteiger partial charge in [0.25, 0.3) is 0 Å². The van der Waals surface area contributed by atoms with E-state index >= 15 is 0 Å². The molecular formula is C16H25NO10. The van der Waals surface area contributed by atoms with E-state index in [0.29, 0.717) is 0 Å². The first-order valence-corrected chi connectivity index (χ1v) is 5.83. The van der Waals surface area contributed by atoms with E-state index in [1.807, 2.05) is 0 Å². The predicted octanol–water partition coefficient (Wildman–Crippen LogP) is 2.74. The Kier molecular flexibility index (Phi) is 109. The standard InChI is InChI=1S/3C3H4O2.3C2H4O.CHNO/c3*1-2-3(4)5;3*1-2-3;2-1-3/h3*2H,1H2,(H,4,5);3*2-3H,1H2;2H. The fourth-order valence-electron chi connectivity index (χ4n) is 0. The van der Waals surface area contributed by atoms with Gasteiger partial charge in [0.1, 0.15) is 0 Å². The summed E-state index contributed by atoms with van der Waals surface area (Å²) in [5, 5.41) is 50.2. The third kappa shape index (κ3) is 3140. The van der Waals surface area contributed by atoms with E-state index in [-0.39, 0.29) is 0 Å². The number of aliphatic carboxylic acids is 3. The van der Waals surface area contributed by atoms with Crippen molar-refractivity contribution in [3.63, 3.8) is 0 Å². The van der Waals surface area contributed by atoms with Crippen molar-refractivity contribution in [2.45, 2.75) is 0 Å². The van der Waals surface area contributed by atoms with E-state index in [0.717, 1.165) is 43.1 Å². The van der Waals surface area contributed by atoms with Crippen LogP contribution in [0.1, 0.15) is 0 Å². The lowest BCUT2D eigenvalue weighted by molar-refractivity contribution is -0.132. The van der Waals surface area contributed by atoms with Crippen molar-refractivity contribution in [1.29, 1.82) is 5.41 Å². The Bertz CT molecular complexity index is 393. The molecule has 0 aromatic rings. The lowest BCUT2D eigenvalue weighted by atomic mass is 10.7. The maximum absolute atomic E-state index is 9.25. The molecule has 0 spiro atoms. The number of carbonyl (C=O) groups is 3. The summed E-state index contributed by atoms with van der Waals surface area (Å²) >= 11 is 0. The SMILES string of the molecule is C=CC(=O)O.C=CC(=O)O.C=CC(=O)O.C=CO.C=CO.C=CO.N=C=O. The minimum absolute atomic E-state index is 0.750. The molecule has 0 aromatic heterocycles. The number of hydrogen-bond acceptors (Lipinski definition) is 8. The van der Waals surface area contributed by atoms with Gasteiger partial charge in [-0.25, -0.2) is 24.6 Å². The van der Waals surface area contributed by atoms with Crippen LogP contribution in [0, 0.1) is 5.41 Å². The molecule has 0 saturated heterocycles. The molecule has 0 aromatic carbocycles. The van der Waals surface area contributed by atoms with Crippen molar-refractivity contribution in [3.05, 3.63) is 76.5 Å². The summed E-state index contributed by atoms with van der Waals surface area (Å²) in [6.07, 6.45) is 5.50. The van der Waals surface area contributed by atoms with Crippen LogP contribution in [0.3, 0.4) is 0 Å². The average molecular weight is 391 g/mol. The number of aliphatic hydroxyl groups excluding tert-OH is 3. The van der Waals surface area contributed by atoms with Crippen molar-refractivity contribution in [3.8, 4) is 0 Å². The number of carboxylic acid groups (broad SMARTS) is 3. The van der Waals surface area contributed by atoms with Crippen LogP contribution in [0.15, 0.2) is 76.5 Å². The van der Waals surface area contributed by atoms with E-state index < -0.39 is 17.9 Å². The monoisotopic (exact) mass is 391 g/mol. The Hall–Kier alpha value is -4.37. The van der Waals surface area contributed by atoms with Gasteiger partial charge in [-0.3, -0.25) is 0 Å². The molecule has 11 nitrogen and oxygen atoms in total. The molecule has 0 aliphatic rings. The van der Waals surface area contributed by atoms with Crippen LogP contribution >= 0.6 is 0 Å². The number of aliphatic hydroxyl groups is 3.